The number of hydrogen-bond donors (Lipinski definition) is 6. The Morgan fingerprint density at radius 3 is 1.53 bits per heavy atom. The summed E-state index contributed by atoms with van der Waals surface area (Å²) < 4.78 is 5.55. The van der Waals surface area contributed by atoms with Crippen LogP contribution >= 0.6 is 0 Å². The number of aliphatic hydroxyl groups is 6. The second-order valence-corrected chi connectivity index (χ2v) is 9.84. The SMILES string of the molecule is CCCCCCCCCCCCCCCCOCC(O)CN(C)CC(O)C(O)C(O)C(O)CO. The molecule has 0 aromatic heterocycles. The third kappa shape index (κ3) is 18.9. The van der Waals surface area contributed by atoms with Crippen LogP contribution in [0.5, 0.6) is 0 Å². The molecule has 0 radical (unpaired) electrons. The van der Waals surface area contributed by atoms with E-state index in [0.717, 1.165) is 12.8 Å². The summed E-state index contributed by atoms with van der Waals surface area (Å²) in [5, 5.41) is 57.7. The molecule has 34 heavy (non-hydrogen) atoms. The Hall–Kier alpha value is -0.320. The van der Waals surface area contributed by atoms with Crippen LogP contribution in [-0.2, 0) is 4.74 Å². The van der Waals surface area contributed by atoms with Crippen molar-refractivity contribution in [2.45, 2.75) is 127 Å². The summed E-state index contributed by atoms with van der Waals surface area (Å²) in [5.74, 6) is 0. The lowest BCUT2D eigenvalue weighted by molar-refractivity contribution is -0.119. The van der Waals surface area contributed by atoms with Crippen LogP contribution in [0.2, 0.25) is 0 Å². The standard InChI is InChI=1S/C26H55NO7/c1-3-4-5-6-7-8-9-10-11-12-13-14-15-16-17-34-21-22(29)18-27(2)19-23(30)25(32)26(33)24(31)20-28/h22-26,28-33H,3-21H2,1-2H3. The van der Waals surface area contributed by atoms with Gasteiger partial charge in [-0.25, -0.2) is 0 Å². The Morgan fingerprint density at radius 2 is 1.06 bits per heavy atom. The average Bonchev–Trinajstić information content (AvgIpc) is 2.82. The molecule has 0 rings (SSSR count). The highest BCUT2D eigenvalue weighted by Crippen LogP contribution is 2.13. The molecule has 0 aromatic carbocycles. The molecule has 5 unspecified atom stereocenters. The first-order chi connectivity index (χ1) is 16.3. The van der Waals surface area contributed by atoms with Crippen LogP contribution in [-0.4, -0.2) is 106 Å². The zero-order valence-corrected chi connectivity index (χ0v) is 21.9. The van der Waals surface area contributed by atoms with Gasteiger partial charge in [0.1, 0.15) is 18.3 Å². The van der Waals surface area contributed by atoms with E-state index in [2.05, 4.69) is 6.92 Å². The van der Waals surface area contributed by atoms with E-state index in [1.165, 1.54) is 77.0 Å². The predicted molar refractivity (Wildman–Crippen MR) is 136 cm³/mol. The van der Waals surface area contributed by atoms with Gasteiger partial charge >= 0.3 is 0 Å². The molecular formula is C26H55NO7. The maximum absolute atomic E-state index is 10.1. The van der Waals surface area contributed by atoms with Gasteiger partial charge in [0.05, 0.1) is 25.4 Å². The lowest BCUT2D eigenvalue weighted by atomic mass is 10.0. The Kier molecular flexibility index (Phi) is 22.9. The fourth-order valence-electron chi connectivity index (χ4n) is 4.10. The minimum Gasteiger partial charge on any atom is -0.394 e. The molecule has 0 fully saturated rings. The fraction of sp³-hybridized carbons (Fsp3) is 1.00. The summed E-state index contributed by atoms with van der Waals surface area (Å²) in [5.41, 5.74) is 0. The zero-order valence-electron chi connectivity index (χ0n) is 21.9. The molecule has 206 valence electrons. The van der Waals surface area contributed by atoms with E-state index in [-0.39, 0.29) is 19.7 Å². The Labute approximate surface area is 208 Å². The van der Waals surface area contributed by atoms with Gasteiger partial charge in [-0.3, -0.25) is 0 Å². The Balaban J connectivity index is 3.56. The van der Waals surface area contributed by atoms with Crippen molar-refractivity contribution in [3.05, 3.63) is 0 Å². The van der Waals surface area contributed by atoms with Crippen molar-refractivity contribution >= 4 is 0 Å². The van der Waals surface area contributed by atoms with Crippen LogP contribution in [0.4, 0.5) is 0 Å². The second kappa shape index (κ2) is 23.1. The zero-order chi connectivity index (χ0) is 25.6. The monoisotopic (exact) mass is 493 g/mol. The molecule has 8 heteroatoms. The number of nitrogens with zero attached hydrogens (tertiary/aromatic N) is 1. The van der Waals surface area contributed by atoms with E-state index in [1.807, 2.05) is 0 Å². The van der Waals surface area contributed by atoms with Gasteiger partial charge in [-0.1, -0.05) is 90.4 Å². The lowest BCUT2D eigenvalue weighted by Gasteiger charge is -2.29. The molecular weight excluding hydrogens is 438 g/mol. The number of ether oxygens (including phenoxy) is 1. The molecule has 8 nitrogen and oxygen atoms in total. The van der Waals surface area contributed by atoms with Crippen molar-refractivity contribution in [3.8, 4) is 0 Å². The van der Waals surface area contributed by atoms with Crippen LogP contribution in [0.15, 0.2) is 0 Å². The van der Waals surface area contributed by atoms with Gasteiger partial charge in [-0.05, 0) is 13.5 Å². The minimum atomic E-state index is -1.65. The van der Waals surface area contributed by atoms with Crippen LogP contribution < -0.4 is 0 Å². The van der Waals surface area contributed by atoms with Crippen molar-refractivity contribution in [2.75, 3.05) is 40.0 Å². The third-order valence-corrected chi connectivity index (χ3v) is 6.30. The van der Waals surface area contributed by atoms with Gasteiger partial charge in [0.25, 0.3) is 0 Å². The average molecular weight is 494 g/mol. The van der Waals surface area contributed by atoms with Gasteiger partial charge < -0.3 is 40.3 Å². The first kappa shape index (κ1) is 33.7. The fourth-order valence-corrected chi connectivity index (χ4v) is 4.10. The molecule has 0 aliphatic rings. The van der Waals surface area contributed by atoms with Crippen LogP contribution in [0.3, 0.4) is 0 Å². The quantitative estimate of drug-likeness (QED) is 0.107. The van der Waals surface area contributed by atoms with E-state index >= 15 is 0 Å². The largest absolute Gasteiger partial charge is 0.394 e. The minimum absolute atomic E-state index is 0.00755. The van der Waals surface area contributed by atoms with Crippen molar-refractivity contribution in [2.24, 2.45) is 0 Å². The van der Waals surface area contributed by atoms with Crippen LogP contribution in [0, 0.1) is 0 Å². The lowest BCUT2D eigenvalue weighted by Crippen LogP contribution is -2.50. The molecule has 0 amide bonds. The smallest absolute Gasteiger partial charge is 0.111 e. The molecule has 0 aliphatic carbocycles. The number of unbranched alkanes of at least 4 members (excludes halogenated alkanes) is 13. The maximum atomic E-state index is 10.1. The van der Waals surface area contributed by atoms with E-state index < -0.39 is 37.1 Å². The molecule has 0 saturated heterocycles. The van der Waals surface area contributed by atoms with Gasteiger partial charge in [-0.2, -0.15) is 0 Å². The molecule has 0 aromatic rings. The number of hydrogen-bond acceptors (Lipinski definition) is 8. The number of aliphatic hydroxyl groups excluding tert-OH is 6. The van der Waals surface area contributed by atoms with Crippen molar-refractivity contribution < 1.29 is 35.4 Å². The summed E-state index contributed by atoms with van der Waals surface area (Å²) in [4.78, 5) is 1.62. The van der Waals surface area contributed by atoms with E-state index in [4.69, 9.17) is 9.84 Å². The van der Waals surface area contributed by atoms with Crippen molar-refractivity contribution in [1.82, 2.24) is 4.90 Å². The van der Waals surface area contributed by atoms with E-state index in [1.54, 1.807) is 11.9 Å². The van der Waals surface area contributed by atoms with Gasteiger partial charge in [0, 0.05) is 19.7 Å². The maximum Gasteiger partial charge on any atom is 0.111 e. The Bertz CT molecular complexity index is 430. The van der Waals surface area contributed by atoms with Gasteiger partial charge in [-0.15, -0.1) is 0 Å². The summed E-state index contributed by atoms with van der Waals surface area (Å²) in [6.45, 7) is 2.59. The topological polar surface area (TPSA) is 134 Å². The third-order valence-electron chi connectivity index (χ3n) is 6.30. The summed E-state index contributed by atoms with van der Waals surface area (Å²) >= 11 is 0. The molecule has 0 heterocycles. The first-order valence-corrected chi connectivity index (χ1v) is 13.6. The first-order valence-electron chi connectivity index (χ1n) is 13.6. The highest BCUT2D eigenvalue weighted by molar-refractivity contribution is 4.82. The summed E-state index contributed by atoms with van der Waals surface area (Å²) in [7, 11) is 1.67. The Morgan fingerprint density at radius 1 is 0.618 bits per heavy atom. The molecule has 0 saturated carbocycles. The highest BCUT2D eigenvalue weighted by Gasteiger charge is 2.30. The normalized spacial score (nSPS) is 16.5. The predicted octanol–water partition coefficient (Wildman–Crippen LogP) is 2.21. The molecule has 5 atom stereocenters. The van der Waals surface area contributed by atoms with Crippen LogP contribution in [0.25, 0.3) is 0 Å². The highest BCUT2D eigenvalue weighted by atomic mass is 16.5. The molecule has 0 bridgehead atoms. The van der Waals surface area contributed by atoms with Crippen molar-refractivity contribution in [3.63, 3.8) is 0 Å². The second-order valence-electron chi connectivity index (χ2n) is 9.84. The molecule has 6 N–H and O–H groups in total. The molecule has 0 spiro atoms. The number of likely N-dealkylation sites (N-methyl/N-ethyl adjacent to an activating group) is 1. The van der Waals surface area contributed by atoms with E-state index in [9.17, 15) is 25.5 Å². The number of rotatable bonds is 25. The van der Waals surface area contributed by atoms with Gasteiger partial charge in [0.2, 0.25) is 0 Å². The van der Waals surface area contributed by atoms with Crippen LogP contribution in [0.1, 0.15) is 96.8 Å². The van der Waals surface area contributed by atoms with Crippen molar-refractivity contribution in [1.29, 1.82) is 0 Å². The summed E-state index contributed by atoms with van der Waals surface area (Å²) in [6, 6.07) is 0. The van der Waals surface area contributed by atoms with E-state index in [0.29, 0.717) is 6.61 Å². The molecule has 0 aliphatic heterocycles. The van der Waals surface area contributed by atoms with Gasteiger partial charge in [0.15, 0.2) is 0 Å². The summed E-state index contributed by atoms with van der Waals surface area (Å²) in [6.07, 6.45) is 11.5.